The van der Waals surface area contributed by atoms with Crippen LogP contribution in [-0.4, -0.2) is 17.6 Å². The maximum absolute atomic E-state index is 12.6. The topological polar surface area (TPSA) is 50.4 Å². The first-order chi connectivity index (χ1) is 14.1. The van der Waals surface area contributed by atoms with Gasteiger partial charge < -0.3 is 10.1 Å². The lowest BCUT2D eigenvalue weighted by Gasteiger charge is -2.11. The van der Waals surface area contributed by atoms with Crippen LogP contribution in [0.5, 0.6) is 5.75 Å². The van der Waals surface area contributed by atoms with Gasteiger partial charge in [-0.2, -0.15) is 0 Å². The third-order valence-electron chi connectivity index (χ3n) is 4.33. The van der Waals surface area contributed by atoms with Gasteiger partial charge in [-0.25, -0.2) is 0 Å². The number of benzene rings is 2. The summed E-state index contributed by atoms with van der Waals surface area (Å²) in [5.74, 6) is 0.449. The minimum absolute atomic E-state index is 0.212. The Bertz CT molecular complexity index is 1000. The lowest BCUT2D eigenvalue weighted by Crippen LogP contribution is -2.33. The van der Waals surface area contributed by atoms with E-state index in [2.05, 4.69) is 17.6 Å². The van der Waals surface area contributed by atoms with Crippen LogP contribution in [-0.2, 0) is 0 Å². The Kier molecular flexibility index (Phi) is 7.86. The molecule has 3 rings (SSSR count). The Morgan fingerprint density at radius 3 is 2.76 bits per heavy atom. The van der Waals surface area contributed by atoms with Crippen molar-refractivity contribution >= 4 is 61.9 Å². The van der Waals surface area contributed by atoms with Crippen LogP contribution in [0.15, 0.2) is 48.5 Å². The van der Waals surface area contributed by atoms with Crippen LogP contribution in [0.3, 0.4) is 0 Å². The SMILES string of the molecule is CCCCCCOc1cccc(NC(=S)NC(=O)c2sc3ccccc3c2Cl)c1. The molecule has 152 valence electrons. The third kappa shape index (κ3) is 5.92. The molecule has 0 aliphatic heterocycles. The molecule has 4 nitrogen and oxygen atoms in total. The van der Waals surface area contributed by atoms with Gasteiger partial charge in [-0.3, -0.25) is 10.1 Å². The number of unbranched alkanes of at least 4 members (excludes halogenated alkanes) is 3. The van der Waals surface area contributed by atoms with Crippen LogP contribution in [0.25, 0.3) is 10.1 Å². The van der Waals surface area contributed by atoms with E-state index in [4.69, 9.17) is 28.6 Å². The van der Waals surface area contributed by atoms with Gasteiger partial charge in [0, 0.05) is 21.8 Å². The van der Waals surface area contributed by atoms with Crippen LogP contribution >= 0.6 is 35.2 Å². The van der Waals surface area contributed by atoms with Gasteiger partial charge >= 0.3 is 0 Å². The molecule has 0 radical (unpaired) electrons. The summed E-state index contributed by atoms with van der Waals surface area (Å²) in [5, 5.41) is 7.25. The molecule has 0 unspecified atom stereocenters. The smallest absolute Gasteiger partial charge is 0.269 e. The number of anilines is 1. The first-order valence-electron chi connectivity index (χ1n) is 9.60. The molecular weight excluding hydrogens is 424 g/mol. The van der Waals surface area contributed by atoms with Crippen molar-refractivity contribution in [2.24, 2.45) is 0 Å². The van der Waals surface area contributed by atoms with Crippen molar-refractivity contribution in [3.63, 3.8) is 0 Å². The monoisotopic (exact) mass is 446 g/mol. The van der Waals surface area contributed by atoms with E-state index in [-0.39, 0.29) is 11.0 Å². The highest BCUT2D eigenvalue weighted by Gasteiger charge is 2.17. The number of fused-ring (bicyclic) bond motifs is 1. The summed E-state index contributed by atoms with van der Waals surface area (Å²) in [5.41, 5.74) is 0.754. The van der Waals surface area contributed by atoms with Gasteiger partial charge in [-0.05, 0) is 36.8 Å². The molecule has 0 atom stereocenters. The van der Waals surface area contributed by atoms with Crippen LogP contribution in [0.2, 0.25) is 5.02 Å². The van der Waals surface area contributed by atoms with E-state index >= 15 is 0 Å². The van der Waals surface area contributed by atoms with Gasteiger partial charge in [0.05, 0.1) is 11.6 Å². The molecule has 0 bridgehead atoms. The van der Waals surface area contributed by atoms with Gasteiger partial charge in [0.1, 0.15) is 10.6 Å². The Morgan fingerprint density at radius 2 is 1.97 bits per heavy atom. The molecule has 2 N–H and O–H groups in total. The molecule has 7 heteroatoms. The number of ether oxygens (including phenoxy) is 1. The van der Waals surface area contributed by atoms with Crippen molar-refractivity contribution in [1.29, 1.82) is 0 Å². The molecule has 0 fully saturated rings. The standard InChI is InChI=1S/C22H23ClN2O2S2/c1-2-3-4-7-13-27-16-10-8-9-15(14-16)24-22(28)25-21(26)20-19(23)17-11-5-6-12-18(17)29-20/h5-6,8-12,14H,2-4,7,13H2,1H3,(H2,24,25,26,28). The number of thiophene rings is 1. The summed E-state index contributed by atoms with van der Waals surface area (Å²) in [6.07, 6.45) is 4.64. The fourth-order valence-electron chi connectivity index (χ4n) is 2.86. The minimum Gasteiger partial charge on any atom is -0.494 e. The molecule has 29 heavy (non-hydrogen) atoms. The number of amides is 1. The van der Waals surface area contributed by atoms with Crippen molar-refractivity contribution in [3.05, 3.63) is 58.4 Å². The number of hydrogen-bond donors (Lipinski definition) is 2. The zero-order chi connectivity index (χ0) is 20.6. The lowest BCUT2D eigenvalue weighted by atomic mass is 10.2. The van der Waals surface area contributed by atoms with Crippen LogP contribution in [0.1, 0.15) is 42.3 Å². The average molecular weight is 447 g/mol. The Morgan fingerprint density at radius 1 is 1.14 bits per heavy atom. The maximum atomic E-state index is 12.6. The summed E-state index contributed by atoms with van der Waals surface area (Å²) in [6.45, 7) is 2.88. The molecular formula is C22H23ClN2O2S2. The number of carbonyl (C=O) groups is 1. The molecule has 3 aromatic rings. The molecule has 0 saturated heterocycles. The number of halogens is 1. The molecule has 0 saturated carbocycles. The normalized spacial score (nSPS) is 10.7. The van der Waals surface area contributed by atoms with Crippen molar-refractivity contribution in [2.45, 2.75) is 32.6 Å². The van der Waals surface area contributed by atoms with Gasteiger partial charge in [-0.1, -0.05) is 62.1 Å². The predicted molar refractivity (Wildman–Crippen MR) is 127 cm³/mol. The second-order valence-corrected chi connectivity index (χ2v) is 8.42. The highest BCUT2D eigenvalue weighted by molar-refractivity contribution is 7.80. The first kappa shape index (κ1) is 21.6. The van der Waals surface area contributed by atoms with Gasteiger partial charge in [0.2, 0.25) is 0 Å². The lowest BCUT2D eigenvalue weighted by molar-refractivity contribution is 0.0982. The van der Waals surface area contributed by atoms with Crippen molar-refractivity contribution in [2.75, 3.05) is 11.9 Å². The van der Waals surface area contributed by atoms with Crippen molar-refractivity contribution in [3.8, 4) is 5.75 Å². The van der Waals surface area contributed by atoms with E-state index in [0.717, 1.165) is 27.9 Å². The predicted octanol–water partition coefficient (Wildman–Crippen LogP) is 6.64. The maximum Gasteiger partial charge on any atom is 0.269 e. The fraction of sp³-hybridized carbons (Fsp3) is 0.273. The number of hydrogen-bond acceptors (Lipinski definition) is 4. The molecule has 2 aromatic carbocycles. The molecule has 0 aliphatic rings. The Balaban J connectivity index is 1.56. The molecule has 0 spiro atoms. The van der Waals surface area contributed by atoms with E-state index in [1.807, 2.05) is 48.5 Å². The molecule has 0 aliphatic carbocycles. The summed E-state index contributed by atoms with van der Waals surface area (Å²) in [7, 11) is 0. The van der Waals surface area contributed by atoms with Crippen LogP contribution < -0.4 is 15.4 Å². The summed E-state index contributed by atoms with van der Waals surface area (Å²) < 4.78 is 6.75. The van der Waals surface area contributed by atoms with Gasteiger partial charge in [0.15, 0.2) is 5.11 Å². The summed E-state index contributed by atoms with van der Waals surface area (Å²) in [4.78, 5) is 13.0. The Labute approximate surface area is 185 Å². The minimum atomic E-state index is -0.322. The quantitative estimate of drug-likeness (QED) is 0.300. The van der Waals surface area contributed by atoms with E-state index < -0.39 is 0 Å². The second kappa shape index (κ2) is 10.6. The van der Waals surface area contributed by atoms with E-state index in [1.165, 1.54) is 30.6 Å². The van der Waals surface area contributed by atoms with E-state index in [0.29, 0.717) is 16.5 Å². The first-order valence-corrected chi connectivity index (χ1v) is 11.2. The average Bonchev–Trinajstić information content (AvgIpc) is 3.05. The number of nitrogens with one attached hydrogen (secondary N) is 2. The molecule has 1 heterocycles. The van der Waals surface area contributed by atoms with Crippen molar-refractivity contribution < 1.29 is 9.53 Å². The largest absolute Gasteiger partial charge is 0.494 e. The van der Waals surface area contributed by atoms with E-state index in [9.17, 15) is 4.79 Å². The highest BCUT2D eigenvalue weighted by Crippen LogP contribution is 2.35. The van der Waals surface area contributed by atoms with Gasteiger partial charge in [-0.15, -0.1) is 11.3 Å². The molecule has 1 amide bonds. The zero-order valence-corrected chi connectivity index (χ0v) is 18.6. The highest BCUT2D eigenvalue weighted by atomic mass is 35.5. The van der Waals surface area contributed by atoms with E-state index in [1.54, 1.807) is 0 Å². The zero-order valence-electron chi connectivity index (χ0n) is 16.2. The Hall–Kier alpha value is -2.15. The summed E-state index contributed by atoms with van der Waals surface area (Å²) in [6, 6.07) is 15.2. The van der Waals surface area contributed by atoms with Crippen molar-refractivity contribution in [1.82, 2.24) is 5.32 Å². The number of rotatable bonds is 8. The molecule has 1 aromatic heterocycles. The number of carbonyl (C=O) groups excluding carboxylic acids is 1. The van der Waals surface area contributed by atoms with Gasteiger partial charge in [0.25, 0.3) is 5.91 Å². The fourth-order valence-corrected chi connectivity index (χ4v) is 4.49. The third-order valence-corrected chi connectivity index (χ3v) is 6.21. The summed E-state index contributed by atoms with van der Waals surface area (Å²) >= 11 is 13.0. The second-order valence-electron chi connectivity index (χ2n) is 6.59. The van der Waals surface area contributed by atoms with Crippen LogP contribution in [0.4, 0.5) is 5.69 Å². The number of thiocarbonyl (C=S) groups is 1. The van der Waals surface area contributed by atoms with Crippen LogP contribution in [0, 0.1) is 0 Å².